The van der Waals surface area contributed by atoms with E-state index in [2.05, 4.69) is 5.32 Å². The first kappa shape index (κ1) is 18.4. The predicted molar refractivity (Wildman–Crippen MR) is 78.6 cm³/mol. The summed E-state index contributed by atoms with van der Waals surface area (Å²) in [6.45, 7) is 9.16. The Kier molecular flexibility index (Phi) is 6.37. The third-order valence-electron chi connectivity index (χ3n) is 3.50. The smallest absolute Gasteiger partial charge is 0.339 e. The number of methoxy groups -OCH3 is 1. The molecule has 1 amide bonds. The van der Waals surface area contributed by atoms with Gasteiger partial charge in [0.1, 0.15) is 5.76 Å². The summed E-state index contributed by atoms with van der Waals surface area (Å²) in [7, 11) is 1.28. The van der Waals surface area contributed by atoms with E-state index in [9.17, 15) is 9.59 Å². The fraction of sp³-hybridized carbons (Fsp3) is 0.733. The van der Waals surface area contributed by atoms with E-state index in [-0.39, 0.29) is 11.5 Å². The van der Waals surface area contributed by atoms with E-state index < -0.39 is 23.9 Å². The summed E-state index contributed by atoms with van der Waals surface area (Å²) in [6.07, 6.45) is 0. The first-order chi connectivity index (χ1) is 10.3. The predicted octanol–water partition coefficient (Wildman–Crippen LogP) is 1.33. The Bertz CT molecular complexity index is 453. The Balaban J connectivity index is 3.34. The van der Waals surface area contributed by atoms with Crippen molar-refractivity contribution in [1.29, 1.82) is 0 Å². The lowest BCUT2D eigenvalue weighted by atomic mass is 9.88. The van der Waals surface area contributed by atoms with Crippen LogP contribution < -0.4 is 5.32 Å². The summed E-state index contributed by atoms with van der Waals surface area (Å²) in [5.41, 5.74) is 0.264. The van der Waals surface area contributed by atoms with E-state index in [0.717, 1.165) is 0 Å². The number of ether oxygens (including phenoxy) is 4. The molecule has 1 aliphatic rings. The summed E-state index contributed by atoms with van der Waals surface area (Å²) in [6, 6.07) is -0.628. The third kappa shape index (κ3) is 3.59. The van der Waals surface area contributed by atoms with Gasteiger partial charge in [0.15, 0.2) is 0 Å². The number of rotatable bonds is 6. The number of allylic oxidation sites excluding steroid dienone is 1. The van der Waals surface area contributed by atoms with Crippen LogP contribution in [0.15, 0.2) is 11.3 Å². The quantitative estimate of drug-likeness (QED) is 0.588. The van der Waals surface area contributed by atoms with Crippen molar-refractivity contribution in [1.82, 2.24) is 5.32 Å². The number of hydrogen-bond acceptors (Lipinski definition) is 6. The van der Waals surface area contributed by atoms with E-state index in [1.807, 2.05) is 13.8 Å². The van der Waals surface area contributed by atoms with Crippen molar-refractivity contribution in [2.75, 3.05) is 20.3 Å². The van der Waals surface area contributed by atoms with Gasteiger partial charge in [-0.15, -0.1) is 0 Å². The molecule has 0 bridgehead atoms. The average Bonchev–Trinajstić information content (AvgIpc) is 2.44. The van der Waals surface area contributed by atoms with Crippen LogP contribution in [0, 0.1) is 5.92 Å². The van der Waals surface area contributed by atoms with E-state index in [0.29, 0.717) is 19.0 Å². The van der Waals surface area contributed by atoms with E-state index in [1.54, 1.807) is 13.8 Å². The number of esters is 1. The molecule has 0 aromatic heterocycles. The zero-order valence-corrected chi connectivity index (χ0v) is 14.0. The molecule has 2 atom stereocenters. The van der Waals surface area contributed by atoms with Crippen LogP contribution in [0.5, 0.6) is 0 Å². The molecule has 0 fully saturated rings. The highest BCUT2D eigenvalue weighted by Gasteiger charge is 2.52. The van der Waals surface area contributed by atoms with Gasteiger partial charge >= 0.3 is 11.9 Å². The van der Waals surface area contributed by atoms with Crippen molar-refractivity contribution >= 4 is 11.9 Å². The maximum absolute atomic E-state index is 12.0. The molecule has 0 radical (unpaired) electrons. The maximum Gasteiger partial charge on any atom is 0.339 e. The van der Waals surface area contributed by atoms with Gasteiger partial charge in [-0.25, -0.2) is 4.79 Å². The summed E-state index contributed by atoms with van der Waals surface area (Å²) < 4.78 is 22.0. The summed E-state index contributed by atoms with van der Waals surface area (Å²) >= 11 is 0. The van der Waals surface area contributed by atoms with Crippen LogP contribution in [-0.4, -0.2) is 44.2 Å². The maximum atomic E-state index is 12.0. The van der Waals surface area contributed by atoms with Gasteiger partial charge in [0, 0.05) is 6.92 Å². The van der Waals surface area contributed by atoms with Gasteiger partial charge in [0.05, 0.1) is 37.9 Å². The Morgan fingerprint density at radius 1 is 1.27 bits per heavy atom. The molecule has 7 heteroatoms. The van der Waals surface area contributed by atoms with Crippen molar-refractivity contribution in [3.8, 4) is 0 Å². The highest BCUT2D eigenvalue weighted by Crippen LogP contribution is 2.39. The molecule has 0 unspecified atom stereocenters. The minimum atomic E-state index is -1.35. The van der Waals surface area contributed by atoms with Gasteiger partial charge in [0.25, 0.3) is 0 Å². The van der Waals surface area contributed by atoms with E-state index >= 15 is 0 Å². The third-order valence-corrected chi connectivity index (χ3v) is 3.50. The lowest BCUT2D eigenvalue weighted by molar-refractivity contribution is -0.394. The number of carbonyl (C=O) groups is 2. The second-order valence-electron chi connectivity index (χ2n) is 5.00. The minimum absolute atomic E-state index is 0.264. The topological polar surface area (TPSA) is 83.1 Å². The molecule has 126 valence electrons. The van der Waals surface area contributed by atoms with Crippen LogP contribution in [0.3, 0.4) is 0 Å². The van der Waals surface area contributed by atoms with Gasteiger partial charge in [-0.1, -0.05) is 6.92 Å². The first-order valence-electron chi connectivity index (χ1n) is 7.36. The second kappa shape index (κ2) is 7.60. The largest absolute Gasteiger partial charge is 0.466 e. The minimum Gasteiger partial charge on any atom is -0.466 e. The molecular formula is C15H25NO6. The molecule has 0 saturated heterocycles. The van der Waals surface area contributed by atoms with Gasteiger partial charge in [-0.05, 0) is 20.8 Å². The Hall–Kier alpha value is -1.60. The standard InChI is InChI=1S/C15H25NO6/c1-7-20-15(21-8-2)9(3)13(16-11(5)17)12(10(4)22-15)14(18)19-6/h9,13H,7-8H2,1-6H3,(H,16,17)/t9-,13+/m0/s1. The van der Waals surface area contributed by atoms with Gasteiger partial charge in [0.2, 0.25) is 5.91 Å². The first-order valence-corrected chi connectivity index (χ1v) is 7.36. The Morgan fingerprint density at radius 3 is 2.23 bits per heavy atom. The van der Waals surface area contributed by atoms with Crippen LogP contribution in [0.1, 0.15) is 34.6 Å². The molecule has 0 aliphatic carbocycles. The number of nitrogens with one attached hydrogen (secondary N) is 1. The fourth-order valence-corrected chi connectivity index (χ4v) is 2.60. The highest BCUT2D eigenvalue weighted by atomic mass is 16.9. The van der Waals surface area contributed by atoms with E-state index in [4.69, 9.17) is 18.9 Å². The Labute approximate surface area is 130 Å². The summed E-state index contributed by atoms with van der Waals surface area (Å²) in [4.78, 5) is 23.6. The fourth-order valence-electron chi connectivity index (χ4n) is 2.60. The lowest BCUT2D eigenvalue weighted by Crippen LogP contribution is -2.58. The Morgan fingerprint density at radius 2 is 1.82 bits per heavy atom. The summed E-state index contributed by atoms with van der Waals surface area (Å²) in [5.74, 6) is -2.31. The zero-order chi connectivity index (χ0) is 16.9. The molecule has 0 aromatic carbocycles. The molecule has 0 aromatic rings. The molecule has 7 nitrogen and oxygen atoms in total. The van der Waals surface area contributed by atoms with Gasteiger partial charge in [-0.3, -0.25) is 4.79 Å². The van der Waals surface area contributed by atoms with Gasteiger partial charge < -0.3 is 24.3 Å². The average molecular weight is 315 g/mol. The molecule has 0 spiro atoms. The van der Waals surface area contributed by atoms with Crippen LogP contribution in [0.4, 0.5) is 0 Å². The molecular weight excluding hydrogens is 290 g/mol. The summed E-state index contributed by atoms with van der Waals surface area (Å²) in [5, 5.41) is 2.76. The molecule has 1 N–H and O–H groups in total. The monoisotopic (exact) mass is 315 g/mol. The highest BCUT2D eigenvalue weighted by molar-refractivity contribution is 5.91. The van der Waals surface area contributed by atoms with Crippen molar-refractivity contribution in [2.24, 2.45) is 5.92 Å². The van der Waals surface area contributed by atoms with Crippen LogP contribution in [-0.2, 0) is 28.5 Å². The molecule has 0 saturated carbocycles. The molecule has 1 rings (SSSR count). The molecule has 1 heterocycles. The normalized spacial score (nSPS) is 23.7. The van der Waals surface area contributed by atoms with Crippen molar-refractivity contribution in [2.45, 2.75) is 46.6 Å². The van der Waals surface area contributed by atoms with Crippen molar-refractivity contribution < 1.29 is 28.5 Å². The number of carbonyl (C=O) groups excluding carboxylic acids is 2. The zero-order valence-electron chi connectivity index (χ0n) is 14.0. The van der Waals surface area contributed by atoms with Crippen LogP contribution in [0.2, 0.25) is 0 Å². The van der Waals surface area contributed by atoms with Crippen molar-refractivity contribution in [3.05, 3.63) is 11.3 Å². The number of hydrogen-bond donors (Lipinski definition) is 1. The van der Waals surface area contributed by atoms with Crippen LogP contribution in [0.25, 0.3) is 0 Å². The molecule has 22 heavy (non-hydrogen) atoms. The number of amides is 1. The van der Waals surface area contributed by atoms with E-state index in [1.165, 1.54) is 14.0 Å². The van der Waals surface area contributed by atoms with Crippen molar-refractivity contribution in [3.63, 3.8) is 0 Å². The molecule has 1 aliphatic heterocycles. The SMILES string of the molecule is CCOC1(OCC)OC(C)=C(C(=O)OC)[C@H](NC(C)=O)[C@@H]1C. The van der Waals surface area contributed by atoms with Gasteiger partial charge in [-0.2, -0.15) is 0 Å². The second-order valence-corrected chi connectivity index (χ2v) is 5.00. The lowest BCUT2D eigenvalue weighted by Gasteiger charge is -2.45. The van der Waals surface area contributed by atoms with Crippen LogP contribution >= 0.6 is 0 Å².